The molecule has 9 nitrogen and oxygen atoms in total. The van der Waals surface area contributed by atoms with E-state index in [1.807, 2.05) is 4.90 Å². The first kappa shape index (κ1) is 20.0. The predicted molar refractivity (Wildman–Crippen MR) is 91.0 cm³/mol. The van der Waals surface area contributed by atoms with Gasteiger partial charge >= 0.3 is 6.09 Å². The number of nitrogens with one attached hydrogen (secondary N) is 1. The number of guanidine groups is 1. The Labute approximate surface area is 143 Å². The Balaban J connectivity index is 2.62. The lowest BCUT2D eigenvalue weighted by Gasteiger charge is -2.36. The van der Waals surface area contributed by atoms with Crippen molar-refractivity contribution in [3.05, 3.63) is 0 Å². The summed E-state index contributed by atoms with van der Waals surface area (Å²) >= 11 is 0. The molecule has 138 valence electrons. The van der Waals surface area contributed by atoms with Crippen molar-refractivity contribution in [1.82, 2.24) is 20.0 Å². The number of amides is 2. The highest BCUT2D eigenvalue weighted by molar-refractivity contribution is 5.85. The van der Waals surface area contributed by atoms with Gasteiger partial charge in [-0.1, -0.05) is 0 Å². The van der Waals surface area contributed by atoms with E-state index in [2.05, 4.69) is 10.3 Å². The first-order chi connectivity index (χ1) is 11.5. The Bertz CT molecular complexity index is 434. The molecular formula is C15H29N5O4. The highest BCUT2D eigenvalue weighted by Crippen LogP contribution is 2.04. The number of piperazine rings is 1. The summed E-state index contributed by atoms with van der Waals surface area (Å²) in [5, 5.41) is 3.20. The van der Waals surface area contributed by atoms with Crippen LogP contribution in [0, 0.1) is 0 Å². The number of aliphatic imine (C=N–C) groups is 1. The number of rotatable bonds is 6. The third-order valence-electron chi connectivity index (χ3n) is 3.56. The number of methoxy groups -OCH3 is 1. The fourth-order valence-corrected chi connectivity index (χ4v) is 2.13. The van der Waals surface area contributed by atoms with Gasteiger partial charge in [-0.3, -0.25) is 4.79 Å². The van der Waals surface area contributed by atoms with Crippen LogP contribution in [0.2, 0.25) is 0 Å². The molecule has 0 aliphatic carbocycles. The second-order valence-electron chi connectivity index (χ2n) is 5.52. The van der Waals surface area contributed by atoms with Gasteiger partial charge in [0.25, 0.3) is 0 Å². The minimum absolute atomic E-state index is 0.0637. The molecule has 0 aromatic carbocycles. The molecule has 2 amide bonds. The van der Waals surface area contributed by atoms with Crippen molar-refractivity contribution >= 4 is 18.0 Å². The fourth-order valence-electron chi connectivity index (χ4n) is 2.13. The molecule has 0 radical (unpaired) electrons. The third-order valence-corrected chi connectivity index (χ3v) is 3.56. The molecule has 1 rings (SSSR count). The Hall–Kier alpha value is -2.03. The molecule has 1 saturated heterocycles. The summed E-state index contributed by atoms with van der Waals surface area (Å²) in [7, 11) is 5.04. The molecule has 0 atom stereocenters. The van der Waals surface area contributed by atoms with E-state index in [0.29, 0.717) is 51.9 Å². The van der Waals surface area contributed by atoms with Gasteiger partial charge in [0, 0.05) is 53.9 Å². The molecule has 0 saturated carbocycles. The number of carbonyl (C=O) groups excluding carboxylic acids is 2. The lowest BCUT2D eigenvalue weighted by Crippen LogP contribution is -2.54. The molecule has 0 unspecified atom stereocenters. The van der Waals surface area contributed by atoms with Gasteiger partial charge in [0.2, 0.25) is 5.91 Å². The van der Waals surface area contributed by atoms with Crippen LogP contribution in [0.1, 0.15) is 6.92 Å². The minimum Gasteiger partial charge on any atom is -0.450 e. The Morgan fingerprint density at radius 3 is 2.33 bits per heavy atom. The van der Waals surface area contributed by atoms with Crippen LogP contribution in [0.15, 0.2) is 4.99 Å². The first-order valence-electron chi connectivity index (χ1n) is 8.13. The fraction of sp³-hybridized carbons (Fsp3) is 0.800. The van der Waals surface area contributed by atoms with E-state index in [-0.39, 0.29) is 18.5 Å². The molecule has 0 bridgehead atoms. The van der Waals surface area contributed by atoms with Crippen LogP contribution in [0.5, 0.6) is 0 Å². The molecule has 1 heterocycles. The van der Waals surface area contributed by atoms with Gasteiger partial charge in [0.1, 0.15) is 6.54 Å². The molecule has 1 N–H and O–H groups in total. The monoisotopic (exact) mass is 343 g/mol. The van der Waals surface area contributed by atoms with Crippen LogP contribution >= 0.6 is 0 Å². The molecule has 1 fully saturated rings. The van der Waals surface area contributed by atoms with Gasteiger partial charge in [-0.05, 0) is 6.92 Å². The van der Waals surface area contributed by atoms with Crippen LogP contribution in [-0.2, 0) is 14.3 Å². The Morgan fingerprint density at radius 2 is 1.79 bits per heavy atom. The second-order valence-corrected chi connectivity index (χ2v) is 5.52. The van der Waals surface area contributed by atoms with E-state index >= 15 is 0 Å². The van der Waals surface area contributed by atoms with E-state index in [1.165, 1.54) is 4.90 Å². The number of ether oxygens (including phenoxy) is 2. The molecule has 1 aliphatic rings. The number of likely N-dealkylation sites (N-methyl/N-ethyl adjacent to an activating group) is 1. The zero-order valence-electron chi connectivity index (χ0n) is 15.1. The highest BCUT2D eigenvalue weighted by atomic mass is 16.6. The van der Waals surface area contributed by atoms with Gasteiger partial charge in [-0.2, -0.15) is 0 Å². The van der Waals surface area contributed by atoms with Crippen LogP contribution < -0.4 is 5.32 Å². The number of nitrogens with zero attached hydrogens (tertiary/aromatic N) is 4. The average Bonchev–Trinajstić information content (AvgIpc) is 2.58. The maximum Gasteiger partial charge on any atom is 0.409 e. The van der Waals surface area contributed by atoms with Crippen molar-refractivity contribution in [1.29, 1.82) is 0 Å². The zero-order valence-corrected chi connectivity index (χ0v) is 15.1. The third kappa shape index (κ3) is 6.61. The van der Waals surface area contributed by atoms with Crippen LogP contribution in [-0.4, -0.2) is 106 Å². The maximum absolute atomic E-state index is 11.8. The maximum atomic E-state index is 11.8. The zero-order chi connectivity index (χ0) is 17.9. The summed E-state index contributed by atoms with van der Waals surface area (Å²) in [6.45, 7) is 5.78. The molecule has 1 aliphatic heterocycles. The average molecular weight is 343 g/mol. The summed E-state index contributed by atoms with van der Waals surface area (Å²) in [5.41, 5.74) is 0. The molecule has 0 aromatic heterocycles. The summed E-state index contributed by atoms with van der Waals surface area (Å²) in [6, 6.07) is 0. The number of hydrogen-bond donors (Lipinski definition) is 1. The van der Waals surface area contributed by atoms with Crippen molar-refractivity contribution in [2.45, 2.75) is 6.92 Å². The lowest BCUT2D eigenvalue weighted by atomic mass is 10.3. The van der Waals surface area contributed by atoms with Gasteiger partial charge in [0.05, 0.1) is 13.2 Å². The molecule has 0 aromatic rings. The molecule has 24 heavy (non-hydrogen) atoms. The normalized spacial score (nSPS) is 15.2. The SMILES string of the molecule is CCOC(=O)N1CCN(C(=NCC(=O)N(C)C)NCCOC)CC1. The Morgan fingerprint density at radius 1 is 1.17 bits per heavy atom. The van der Waals surface area contributed by atoms with Crippen molar-refractivity contribution in [2.24, 2.45) is 4.99 Å². The van der Waals surface area contributed by atoms with Crippen LogP contribution in [0.25, 0.3) is 0 Å². The van der Waals surface area contributed by atoms with E-state index in [4.69, 9.17) is 9.47 Å². The van der Waals surface area contributed by atoms with E-state index in [9.17, 15) is 9.59 Å². The molecule has 9 heteroatoms. The summed E-state index contributed by atoms with van der Waals surface area (Å²) in [6.07, 6.45) is -0.286. The van der Waals surface area contributed by atoms with E-state index in [1.54, 1.807) is 33.0 Å². The van der Waals surface area contributed by atoms with Crippen molar-refractivity contribution < 1.29 is 19.1 Å². The summed E-state index contributed by atoms with van der Waals surface area (Å²) < 4.78 is 10.1. The topological polar surface area (TPSA) is 86.7 Å². The smallest absolute Gasteiger partial charge is 0.409 e. The van der Waals surface area contributed by atoms with Crippen LogP contribution in [0.3, 0.4) is 0 Å². The van der Waals surface area contributed by atoms with E-state index in [0.717, 1.165) is 0 Å². The highest BCUT2D eigenvalue weighted by Gasteiger charge is 2.24. The van der Waals surface area contributed by atoms with E-state index < -0.39 is 0 Å². The first-order valence-corrected chi connectivity index (χ1v) is 8.13. The standard InChI is InChI=1S/C15H29N5O4/c1-5-24-15(22)20-9-7-19(8-10-20)14(16-6-11-23-4)17-12-13(21)18(2)3/h5-12H2,1-4H3,(H,16,17). The predicted octanol–water partition coefficient (Wildman–Crippen LogP) is -0.559. The van der Waals surface area contributed by atoms with Gasteiger partial charge in [-0.25, -0.2) is 9.79 Å². The van der Waals surface area contributed by atoms with Crippen LogP contribution in [0.4, 0.5) is 4.79 Å². The summed E-state index contributed by atoms with van der Waals surface area (Å²) in [5.74, 6) is 0.594. The van der Waals surface area contributed by atoms with Gasteiger partial charge in [-0.15, -0.1) is 0 Å². The Kier molecular flexibility index (Phi) is 8.92. The largest absolute Gasteiger partial charge is 0.450 e. The molecule has 0 spiro atoms. The number of hydrogen-bond acceptors (Lipinski definition) is 5. The summed E-state index contributed by atoms with van der Waals surface area (Å²) in [4.78, 5) is 33.1. The number of carbonyl (C=O) groups is 2. The van der Waals surface area contributed by atoms with Crippen molar-refractivity contribution in [3.63, 3.8) is 0 Å². The van der Waals surface area contributed by atoms with Crippen molar-refractivity contribution in [2.75, 3.05) is 73.7 Å². The quantitative estimate of drug-likeness (QED) is 0.395. The van der Waals surface area contributed by atoms with Crippen molar-refractivity contribution in [3.8, 4) is 0 Å². The molecular weight excluding hydrogens is 314 g/mol. The van der Waals surface area contributed by atoms with Gasteiger partial charge < -0.3 is 29.5 Å². The minimum atomic E-state index is -0.286. The lowest BCUT2D eigenvalue weighted by molar-refractivity contribution is -0.127. The van der Waals surface area contributed by atoms with Gasteiger partial charge in [0.15, 0.2) is 5.96 Å². The second kappa shape index (κ2) is 10.7.